The molecule has 1 aliphatic carbocycles. The van der Waals surface area contributed by atoms with Crippen molar-refractivity contribution in [2.24, 2.45) is 11.8 Å². The second kappa shape index (κ2) is 3.16. The van der Waals surface area contributed by atoms with Crippen LogP contribution >= 0.6 is 0 Å². The largest absolute Gasteiger partial charge is 0.472 e. The lowest BCUT2D eigenvalue weighted by Gasteiger charge is -2.31. The summed E-state index contributed by atoms with van der Waals surface area (Å²) in [5.41, 5.74) is 2.06. The van der Waals surface area contributed by atoms with Crippen LogP contribution in [0.3, 0.4) is 0 Å². The first-order valence-electron chi connectivity index (χ1n) is 4.54. The maximum absolute atomic E-state index is 9.58. The van der Waals surface area contributed by atoms with E-state index >= 15 is 0 Å². The molecule has 1 heterocycles. The molecule has 0 bridgehead atoms. The molecule has 1 aliphatic heterocycles. The van der Waals surface area contributed by atoms with Crippen LogP contribution in [0, 0.1) is 11.8 Å². The summed E-state index contributed by atoms with van der Waals surface area (Å²) < 4.78 is 5.08. The van der Waals surface area contributed by atoms with Crippen LogP contribution in [0.2, 0.25) is 0 Å². The highest BCUT2D eigenvalue weighted by molar-refractivity contribution is 5.25. The Kier molecular flexibility index (Phi) is 2.14. The zero-order chi connectivity index (χ0) is 9.42. The van der Waals surface area contributed by atoms with Gasteiger partial charge in [-0.2, -0.15) is 0 Å². The Balaban J connectivity index is 2.25. The first-order chi connectivity index (χ1) is 6.24. The van der Waals surface area contributed by atoms with Crippen molar-refractivity contribution in [1.82, 2.24) is 0 Å². The molecule has 3 unspecified atom stereocenters. The molecule has 3 heteroatoms. The average Bonchev–Trinajstić information content (AvgIpc) is 2.56. The van der Waals surface area contributed by atoms with E-state index in [1.165, 1.54) is 0 Å². The monoisotopic (exact) mass is 182 g/mol. The van der Waals surface area contributed by atoms with Crippen molar-refractivity contribution in [3.8, 4) is 0 Å². The first-order valence-corrected chi connectivity index (χ1v) is 4.54. The van der Waals surface area contributed by atoms with Gasteiger partial charge < -0.3 is 14.9 Å². The summed E-state index contributed by atoms with van der Waals surface area (Å²) in [5, 5.41) is 18.6. The van der Waals surface area contributed by atoms with Gasteiger partial charge in [-0.1, -0.05) is 6.08 Å². The van der Waals surface area contributed by atoms with E-state index in [2.05, 4.69) is 0 Å². The molecule has 13 heavy (non-hydrogen) atoms. The van der Waals surface area contributed by atoms with Crippen molar-refractivity contribution < 1.29 is 14.9 Å². The molecule has 0 aromatic heterocycles. The van der Waals surface area contributed by atoms with Crippen LogP contribution in [-0.4, -0.2) is 23.1 Å². The van der Waals surface area contributed by atoms with Crippen molar-refractivity contribution >= 4 is 0 Å². The van der Waals surface area contributed by atoms with E-state index in [4.69, 9.17) is 9.84 Å². The number of fused-ring (bicyclic) bond motifs is 1. The van der Waals surface area contributed by atoms with Crippen molar-refractivity contribution in [2.75, 3.05) is 6.61 Å². The molecule has 3 nitrogen and oxygen atoms in total. The lowest BCUT2D eigenvalue weighted by molar-refractivity contribution is -0.104. The molecule has 0 aromatic carbocycles. The van der Waals surface area contributed by atoms with Gasteiger partial charge in [-0.15, -0.1) is 0 Å². The summed E-state index contributed by atoms with van der Waals surface area (Å²) in [6, 6.07) is 0. The number of rotatable bonds is 1. The topological polar surface area (TPSA) is 49.7 Å². The Morgan fingerprint density at radius 1 is 1.62 bits per heavy atom. The second-order valence-corrected chi connectivity index (χ2v) is 3.69. The zero-order valence-corrected chi connectivity index (χ0v) is 7.60. The Hall–Kier alpha value is -0.800. The van der Waals surface area contributed by atoms with Crippen molar-refractivity contribution in [3.63, 3.8) is 0 Å². The van der Waals surface area contributed by atoms with E-state index in [1.54, 1.807) is 6.26 Å². The standard InChI is InChI=1S/C10H14O3/c1-6-5-13-10(12)9-7(4-11)2-3-8(6)9/h2,5,8-12H,3-4H2,1H3. The molecule has 0 saturated carbocycles. The van der Waals surface area contributed by atoms with Gasteiger partial charge in [0, 0.05) is 0 Å². The van der Waals surface area contributed by atoms with Crippen LogP contribution in [-0.2, 0) is 4.74 Å². The summed E-state index contributed by atoms with van der Waals surface area (Å²) in [7, 11) is 0. The maximum Gasteiger partial charge on any atom is 0.203 e. The van der Waals surface area contributed by atoms with Gasteiger partial charge in [-0.25, -0.2) is 0 Å². The highest BCUT2D eigenvalue weighted by atomic mass is 16.6. The molecular formula is C10H14O3. The third kappa shape index (κ3) is 1.28. The maximum atomic E-state index is 9.58. The minimum absolute atomic E-state index is 0.0227. The molecule has 2 rings (SSSR count). The molecule has 0 fully saturated rings. The highest BCUT2D eigenvalue weighted by Gasteiger charge is 2.39. The number of hydrogen-bond donors (Lipinski definition) is 2. The number of ether oxygens (including phenoxy) is 1. The van der Waals surface area contributed by atoms with E-state index in [-0.39, 0.29) is 12.5 Å². The Bertz CT molecular complexity index is 267. The third-order valence-corrected chi connectivity index (χ3v) is 2.96. The fourth-order valence-electron chi connectivity index (χ4n) is 2.19. The fraction of sp³-hybridized carbons (Fsp3) is 0.600. The van der Waals surface area contributed by atoms with Gasteiger partial charge in [-0.3, -0.25) is 0 Å². The van der Waals surface area contributed by atoms with Gasteiger partial charge in [0.2, 0.25) is 6.29 Å². The molecule has 2 aliphatic rings. The Morgan fingerprint density at radius 2 is 2.38 bits per heavy atom. The van der Waals surface area contributed by atoms with Crippen molar-refractivity contribution in [2.45, 2.75) is 19.6 Å². The summed E-state index contributed by atoms with van der Waals surface area (Å²) >= 11 is 0. The molecule has 3 atom stereocenters. The molecule has 2 N–H and O–H groups in total. The number of allylic oxidation sites excluding steroid dienone is 2. The molecular weight excluding hydrogens is 168 g/mol. The van der Waals surface area contributed by atoms with Gasteiger partial charge in [0.25, 0.3) is 0 Å². The third-order valence-electron chi connectivity index (χ3n) is 2.96. The van der Waals surface area contributed by atoms with Gasteiger partial charge in [0.1, 0.15) is 0 Å². The van der Waals surface area contributed by atoms with E-state index in [0.717, 1.165) is 17.6 Å². The van der Waals surface area contributed by atoms with Gasteiger partial charge in [-0.05, 0) is 30.4 Å². The molecule has 0 saturated heterocycles. The molecule has 0 spiro atoms. The minimum Gasteiger partial charge on any atom is -0.472 e. The van der Waals surface area contributed by atoms with Crippen LogP contribution in [0.4, 0.5) is 0 Å². The van der Waals surface area contributed by atoms with Crippen LogP contribution in [0.5, 0.6) is 0 Å². The zero-order valence-electron chi connectivity index (χ0n) is 7.60. The molecule has 0 aromatic rings. The lowest BCUT2D eigenvalue weighted by Crippen LogP contribution is -2.32. The van der Waals surface area contributed by atoms with Crippen LogP contribution < -0.4 is 0 Å². The quantitative estimate of drug-likeness (QED) is 0.589. The van der Waals surface area contributed by atoms with E-state index in [9.17, 15) is 5.11 Å². The van der Waals surface area contributed by atoms with Crippen molar-refractivity contribution in [3.05, 3.63) is 23.5 Å². The molecule has 72 valence electrons. The van der Waals surface area contributed by atoms with Gasteiger partial charge >= 0.3 is 0 Å². The lowest BCUT2D eigenvalue weighted by atomic mass is 9.84. The number of hydrogen-bond acceptors (Lipinski definition) is 3. The second-order valence-electron chi connectivity index (χ2n) is 3.69. The predicted octanol–water partition coefficient (Wildman–Crippen LogP) is 0.794. The fourth-order valence-corrected chi connectivity index (χ4v) is 2.19. The number of aliphatic hydroxyl groups excluding tert-OH is 2. The summed E-state index contributed by atoms with van der Waals surface area (Å²) in [6.45, 7) is 2.02. The SMILES string of the molecule is CC1=COC(O)C2C(CO)=CCC12. The van der Waals surface area contributed by atoms with Crippen LogP contribution in [0.25, 0.3) is 0 Å². The Morgan fingerprint density at radius 3 is 3.08 bits per heavy atom. The van der Waals surface area contributed by atoms with Crippen LogP contribution in [0.1, 0.15) is 13.3 Å². The molecule has 0 radical (unpaired) electrons. The van der Waals surface area contributed by atoms with E-state index < -0.39 is 6.29 Å². The van der Waals surface area contributed by atoms with E-state index in [1.807, 2.05) is 13.0 Å². The van der Waals surface area contributed by atoms with Gasteiger partial charge in [0.05, 0.1) is 18.8 Å². The average molecular weight is 182 g/mol. The highest BCUT2D eigenvalue weighted by Crippen LogP contribution is 2.41. The summed E-state index contributed by atoms with van der Waals surface area (Å²) in [4.78, 5) is 0. The minimum atomic E-state index is -0.783. The number of aliphatic hydroxyl groups is 2. The van der Waals surface area contributed by atoms with Crippen molar-refractivity contribution in [1.29, 1.82) is 0 Å². The summed E-state index contributed by atoms with van der Waals surface area (Å²) in [5.74, 6) is 0.292. The Labute approximate surface area is 77.3 Å². The normalized spacial score (nSPS) is 37.6. The smallest absolute Gasteiger partial charge is 0.203 e. The summed E-state index contributed by atoms with van der Waals surface area (Å²) in [6.07, 6.45) is 3.75. The van der Waals surface area contributed by atoms with Crippen LogP contribution in [0.15, 0.2) is 23.5 Å². The first kappa shape index (κ1) is 8.78. The predicted molar refractivity (Wildman–Crippen MR) is 47.6 cm³/mol. The molecule has 0 amide bonds. The van der Waals surface area contributed by atoms with Gasteiger partial charge in [0.15, 0.2) is 0 Å². The van der Waals surface area contributed by atoms with E-state index in [0.29, 0.717) is 5.92 Å².